The van der Waals surface area contributed by atoms with Crippen molar-refractivity contribution in [2.45, 2.75) is 0 Å². The maximum absolute atomic E-state index is 5.38. The number of rotatable bonds is 6. The Bertz CT molecular complexity index is 3250. The second-order valence-electron chi connectivity index (χ2n) is 13.9. The quantitative estimate of drug-likeness (QED) is 0.170. The molecule has 0 unspecified atom stereocenters. The van der Waals surface area contributed by atoms with Crippen molar-refractivity contribution >= 4 is 63.0 Å². The zero-order chi connectivity index (χ0) is 37.0. The van der Waals surface area contributed by atoms with E-state index in [1.807, 2.05) is 17.4 Å². The molecule has 0 N–H and O–H groups in total. The molecule has 0 atom stereocenters. The van der Waals surface area contributed by atoms with Crippen molar-refractivity contribution in [3.05, 3.63) is 188 Å². The fraction of sp³-hybridized carbons (Fsp3) is 0. The Kier molecular flexibility index (Phi) is 7.87. The summed E-state index contributed by atoms with van der Waals surface area (Å²) in [6, 6.07) is 66.7. The third kappa shape index (κ3) is 5.60. The second-order valence-corrected chi connectivity index (χ2v) is 16.0. The van der Waals surface area contributed by atoms with Crippen LogP contribution in [0, 0.1) is 0 Å². The highest BCUT2D eigenvalue weighted by Gasteiger charge is 2.20. The number of hydrogen-bond acceptors (Lipinski definition) is 5. The molecule has 56 heavy (non-hydrogen) atoms. The van der Waals surface area contributed by atoms with Crippen LogP contribution in [-0.4, -0.2) is 15.0 Å². The number of benzene rings is 8. The van der Waals surface area contributed by atoms with E-state index >= 15 is 0 Å². The van der Waals surface area contributed by atoms with Gasteiger partial charge < -0.3 is 0 Å². The number of aromatic nitrogens is 3. The highest BCUT2D eigenvalue weighted by atomic mass is 32.1. The Morgan fingerprint density at radius 1 is 0.268 bits per heavy atom. The van der Waals surface area contributed by atoms with Gasteiger partial charge in [-0.15, -0.1) is 22.7 Å². The summed E-state index contributed by atoms with van der Waals surface area (Å²) in [5.41, 5.74) is 9.65. The SMILES string of the molecule is c1ccc(-c2cc(-c3nc(-c4ccccc4-c4ccccc4)nc(-c4cccc5c4sc4ccccc45)n3)cc(-c3cccc4c3sc3ccccc34)c2)cc1. The van der Waals surface area contributed by atoms with Crippen LogP contribution in [-0.2, 0) is 0 Å². The van der Waals surface area contributed by atoms with E-state index in [2.05, 4.69) is 182 Å². The number of nitrogens with zero attached hydrogens (tertiary/aromatic N) is 3. The van der Waals surface area contributed by atoms with Crippen LogP contribution in [0.15, 0.2) is 188 Å². The summed E-state index contributed by atoms with van der Waals surface area (Å²) >= 11 is 3.64. The summed E-state index contributed by atoms with van der Waals surface area (Å²) in [5.74, 6) is 1.93. The minimum absolute atomic E-state index is 0.633. The predicted octanol–water partition coefficient (Wildman–Crippen LogP) is 14.6. The van der Waals surface area contributed by atoms with Crippen molar-refractivity contribution < 1.29 is 0 Å². The summed E-state index contributed by atoms with van der Waals surface area (Å²) in [6.07, 6.45) is 0. The van der Waals surface area contributed by atoms with Gasteiger partial charge in [0.05, 0.1) is 0 Å². The van der Waals surface area contributed by atoms with Crippen LogP contribution in [0.2, 0.25) is 0 Å². The highest BCUT2D eigenvalue weighted by Crippen LogP contribution is 2.43. The molecule has 0 aliphatic carbocycles. The normalized spacial score (nSPS) is 11.6. The lowest BCUT2D eigenvalue weighted by Gasteiger charge is -2.14. The minimum atomic E-state index is 0.633. The molecule has 0 saturated carbocycles. The van der Waals surface area contributed by atoms with Gasteiger partial charge in [0.2, 0.25) is 0 Å². The lowest BCUT2D eigenvalue weighted by atomic mass is 9.95. The molecule has 5 heteroatoms. The Balaban J connectivity index is 1.19. The monoisotopic (exact) mass is 749 g/mol. The minimum Gasteiger partial charge on any atom is -0.208 e. The van der Waals surface area contributed by atoms with Gasteiger partial charge >= 0.3 is 0 Å². The molecule has 8 aromatic carbocycles. The fourth-order valence-corrected chi connectivity index (χ4v) is 10.4. The van der Waals surface area contributed by atoms with Crippen molar-refractivity contribution in [1.82, 2.24) is 15.0 Å². The van der Waals surface area contributed by atoms with Gasteiger partial charge in [0, 0.05) is 57.0 Å². The van der Waals surface area contributed by atoms with E-state index < -0.39 is 0 Å². The number of fused-ring (bicyclic) bond motifs is 6. The van der Waals surface area contributed by atoms with E-state index in [-0.39, 0.29) is 0 Å². The first kappa shape index (κ1) is 32.6. The van der Waals surface area contributed by atoms with Gasteiger partial charge in [-0.3, -0.25) is 0 Å². The van der Waals surface area contributed by atoms with E-state index in [0.29, 0.717) is 17.5 Å². The number of hydrogen-bond donors (Lipinski definition) is 0. The van der Waals surface area contributed by atoms with Gasteiger partial charge in [-0.05, 0) is 69.8 Å². The van der Waals surface area contributed by atoms with E-state index in [4.69, 9.17) is 15.0 Å². The first-order valence-corrected chi connectivity index (χ1v) is 20.3. The third-order valence-electron chi connectivity index (χ3n) is 10.5. The molecule has 0 bridgehead atoms. The molecule has 11 aromatic rings. The summed E-state index contributed by atoms with van der Waals surface area (Å²) < 4.78 is 4.97. The van der Waals surface area contributed by atoms with E-state index in [1.54, 1.807) is 11.3 Å². The van der Waals surface area contributed by atoms with Crippen LogP contribution < -0.4 is 0 Å². The molecular weight excluding hydrogens is 719 g/mol. The molecule has 0 radical (unpaired) electrons. The van der Waals surface area contributed by atoms with Crippen LogP contribution in [0.25, 0.3) is 108 Å². The van der Waals surface area contributed by atoms with Gasteiger partial charge in [-0.25, -0.2) is 15.0 Å². The largest absolute Gasteiger partial charge is 0.208 e. The molecule has 0 saturated heterocycles. The molecule has 262 valence electrons. The van der Waals surface area contributed by atoms with Gasteiger partial charge in [0.15, 0.2) is 17.5 Å². The first-order chi connectivity index (χ1) is 27.7. The zero-order valence-electron chi connectivity index (χ0n) is 30.1. The van der Waals surface area contributed by atoms with Gasteiger partial charge in [-0.2, -0.15) is 0 Å². The van der Waals surface area contributed by atoms with Crippen LogP contribution in [0.4, 0.5) is 0 Å². The average molecular weight is 750 g/mol. The van der Waals surface area contributed by atoms with Crippen LogP contribution >= 0.6 is 22.7 Å². The van der Waals surface area contributed by atoms with Crippen LogP contribution in [0.1, 0.15) is 0 Å². The van der Waals surface area contributed by atoms with E-state index in [1.165, 1.54) is 45.9 Å². The second kappa shape index (κ2) is 13.5. The fourth-order valence-electron chi connectivity index (χ4n) is 7.90. The molecule has 0 spiro atoms. The molecule has 3 aromatic heterocycles. The first-order valence-electron chi connectivity index (χ1n) is 18.7. The van der Waals surface area contributed by atoms with Gasteiger partial charge in [0.25, 0.3) is 0 Å². The molecule has 0 amide bonds. The standard InChI is InChI=1S/C51H31N3S2/c1-3-15-32(16-4-1)34-29-35(38-23-13-24-41-39-20-9-11-27-45(39)55-47(38)41)31-36(30-34)49-52-50(43-22-8-7-19-37(43)33-17-5-2-6-18-33)54-51(53-49)44-26-14-25-42-40-21-10-12-28-46(40)56-48(42)44/h1-31H. The maximum Gasteiger partial charge on any atom is 0.165 e. The molecule has 3 nitrogen and oxygen atoms in total. The average Bonchev–Trinajstić information content (AvgIpc) is 3.85. The molecule has 0 fully saturated rings. The Morgan fingerprint density at radius 3 is 1.39 bits per heavy atom. The molecule has 0 aliphatic heterocycles. The van der Waals surface area contributed by atoms with E-state index in [0.717, 1.165) is 44.5 Å². The Labute approximate surface area is 331 Å². The Morgan fingerprint density at radius 2 is 0.714 bits per heavy atom. The van der Waals surface area contributed by atoms with Gasteiger partial charge in [-0.1, -0.05) is 152 Å². The topological polar surface area (TPSA) is 38.7 Å². The van der Waals surface area contributed by atoms with Crippen molar-refractivity contribution in [3.8, 4) is 67.5 Å². The molecular formula is C51H31N3S2. The summed E-state index contributed by atoms with van der Waals surface area (Å²) in [5, 5.41) is 5.01. The van der Waals surface area contributed by atoms with Gasteiger partial charge in [0.1, 0.15) is 0 Å². The van der Waals surface area contributed by atoms with Crippen molar-refractivity contribution in [1.29, 1.82) is 0 Å². The summed E-state index contributed by atoms with van der Waals surface area (Å²) in [6.45, 7) is 0. The smallest absolute Gasteiger partial charge is 0.165 e. The highest BCUT2D eigenvalue weighted by molar-refractivity contribution is 7.26. The molecule has 0 aliphatic rings. The summed E-state index contributed by atoms with van der Waals surface area (Å²) in [7, 11) is 0. The van der Waals surface area contributed by atoms with Crippen LogP contribution in [0.3, 0.4) is 0 Å². The lowest BCUT2D eigenvalue weighted by Crippen LogP contribution is -2.01. The maximum atomic E-state index is 5.38. The Hall–Kier alpha value is -6.79. The molecule has 11 rings (SSSR count). The van der Waals surface area contributed by atoms with Crippen molar-refractivity contribution in [2.24, 2.45) is 0 Å². The predicted molar refractivity (Wildman–Crippen MR) is 238 cm³/mol. The lowest BCUT2D eigenvalue weighted by molar-refractivity contribution is 1.08. The third-order valence-corrected chi connectivity index (χ3v) is 13.0. The van der Waals surface area contributed by atoms with Crippen molar-refractivity contribution in [3.63, 3.8) is 0 Å². The zero-order valence-corrected chi connectivity index (χ0v) is 31.7. The van der Waals surface area contributed by atoms with E-state index in [9.17, 15) is 0 Å². The van der Waals surface area contributed by atoms with Crippen LogP contribution in [0.5, 0.6) is 0 Å². The summed E-state index contributed by atoms with van der Waals surface area (Å²) in [4.78, 5) is 16.1. The molecule has 3 heterocycles. The number of thiophene rings is 2. The van der Waals surface area contributed by atoms with Crippen molar-refractivity contribution in [2.75, 3.05) is 0 Å².